The van der Waals surface area contributed by atoms with E-state index in [2.05, 4.69) is 85.6 Å². The molecule has 8 nitrogen and oxygen atoms in total. The molecule has 0 saturated carbocycles. The summed E-state index contributed by atoms with van der Waals surface area (Å²) in [6.45, 7) is 15.7. The maximum Gasteiger partial charge on any atom is 0.188 e. The van der Waals surface area contributed by atoms with Gasteiger partial charge in [-0.1, -0.05) is 127 Å². The van der Waals surface area contributed by atoms with Gasteiger partial charge in [-0.05, 0) is 101 Å². The Kier molecular flexibility index (Phi) is 9.47. The molecule has 314 valence electrons. The highest BCUT2D eigenvalue weighted by atomic mass is 15.0. The first-order valence-electron chi connectivity index (χ1n) is 22.1. The molecule has 12 aromatic rings. The Morgan fingerprint density at radius 3 is 1.63 bits per heavy atom. The van der Waals surface area contributed by atoms with Crippen LogP contribution in [0, 0.1) is 24.5 Å². The van der Waals surface area contributed by atoms with Crippen LogP contribution in [0.5, 0.6) is 0 Å². The van der Waals surface area contributed by atoms with Gasteiger partial charge in [0.2, 0.25) is 0 Å². The molecule has 0 aliphatic carbocycles. The predicted octanol–water partition coefficient (Wildman–Crippen LogP) is 15.4. The largest absolute Gasteiger partial charge is 0.309 e. The first-order valence-corrected chi connectivity index (χ1v) is 22.1. The maximum absolute atomic E-state index is 10.0. The van der Waals surface area contributed by atoms with Gasteiger partial charge in [0.1, 0.15) is 0 Å². The number of para-hydroxylation sites is 2. The lowest BCUT2D eigenvalue weighted by Crippen LogP contribution is -2.04. The van der Waals surface area contributed by atoms with Gasteiger partial charge >= 0.3 is 0 Å². The number of nitriles is 1. The monoisotopic (exact) mass is 866 g/mol. The maximum atomic E-state index is 10.0. The van der Waals surface area contributed by atoms with Crippen molar-refractivity contribution in [1.82, 2.24) is 24.1 Å². The molecule has 0 unspecified atom stereocenters. The van der Waals surface area contributed by atoms with Crippen molar-refractivity contribution in [3.8, 4) is 73.9 Å². The molecule has 0 N–H and O–H groups in total. The fourth-order valence-electron chi connectivity index (χ4n) is 9.51. The molecule has 3 heterocycles. The second-order valence-corrected chi connectivity index (χ2v) is 16.5. The van der Waals surface area contributed by atoms with Crippen LogP contribution >= 0.6 is 0 Å². The van der Waals surface area contributed by atoms with E-state index in [1.807, 2.05) is 146 Å². The number of aromatic nitrogens is 5. The third kappa shape index (κ3) is 6.63. The summed E-state index contributed by atoms with van der Waals surface area (Å²) in [4.78, 5) is 23.2. The molecule has 0 aliphatic heterocycles. The lowest BCUT2D eigenvalue weighted by atomic mass is 9.92. The van der Waals surface area contributed by atoms with Crippen LogP contribution in [0.1, 0.15) is 5.56 Å². The van der Waals surface area contributed by atoms with Crippen LogP contribution in [0.4, 0.5) is 11.4 Å². The van der Waals surface area contributed by atoms with E-state index >= 15 is 0 Å². The first-order chi connectivity index (χ1) is 33.6. The Labute approximate surface area is 391 Å². The zero-order valence-electron chi connectivity index (χ0n) is 36.2. The summed E-state index contributed by atoms with van der Waals surface area (Å²) in [5.41, 5.74) is 13.5. The second kappa shape index (κ2) is 16.2. The fourth-order valence-corrected chi connectivity index (χ4v) is 9.51. The highest BCUT2D eigenvalue weighted by Gasteiger charge is 2.23. The van der Waals surface area contributed by atoms with Gasteiger partial charge in [0.15, 0.2) is 28.8 Å². The molecule has 3 aromatic heterocycles. The zero-order valence-corrected chi connectivity index (χ0v) is 36.2. The Hall–Kier alpha value is -9.94. The van der Waals surface area contributed by atoms with E-state index in [9.17, 15) is 5.26 Å². The summed E-state index contributed by atoms with van der Waals surface area (Å²) in [6.07, 6.45) is 0. The highest BCUT2D eigenvalue weighted by molar-refractivity contribution is 6.12. The molecule has 0 amide bonds. The number of benzene rings is 9. The van der Waals surface area contributed by atoms with E-state index in [0.717, 1.165) is 93.9 Å². The van der Waals surface area contributed by atoms with Crippen LogP contribution < -0.4 is 0 Å². The molecule has 0 bridgehead atoms. The van der Waals surface area contributed by atoms with Crippen LogP contribution in [0.15, 0.2) is 206 Å². The van der Waals surface area contributed by atoms with E-state index < -0.39 is 0 Å². The van der Waals surface area contributed by atoms with Crippen molar-refractivity contribution in [2.45, 2.75) is 0 Å². The minimum absolute atomic E-state index is 0.496. The standard InChI is InChI=1S/C60H34N8/c1-62-43-19-13-18-41(33-43)42-25-30-57(68-54-23-12-10-20-46(54)50-32-38(37-61)24-29-56(50)68)51(34-42)49-36-45(67-53-22-11-9-21-47(53)52-35-44(63-2)26-31-55(52)67)27-28-48(49)60-65-58(39-14-5-3-6-15-39)64-59(66-60)40-16-7-4-8-17-40/h3-36H. The van der Waals surface area contributed by atoms with Gasteiger partial charge in [0.05, 0.1) is 52.5 Å². The Bertz CT molecular complexity index is 4070. The number of hydrogen-bond acceptors (Lipinski definition) is 4. The van der Waals surface area contributed by atoms with Gasteiger partial charge in [-0.25, -0.2) is 24.6 Å². The second-order valence-electron chi connectivity index (χ2n) is 16.5. The summed E-state index contributed by atoms with van der Waals surface area (Å²) in [5.74, 6) is 1.58. The highest BCUT2D eigenvalue weighted by Crippen LogP contribution is 2.44. The quantitative estimate of drug-likeness (QED) is 0.149. The van der Waals surface area contributed by atoms with E-state index in [1.165, 1.54) is 0 Å². The van der Waals surface area contributed by atoms with Crippen LogP contribution in [0.2, 0.25) is 0 Å². The van der Waals surface area contributed by atoms with Gasteiger partial charge in [-0.15, -0.1) is 0 Å². The molecule has 0 spiro atoms. The van der Waals surface area contributed by atoms with Crippen LogP contribution in [-0.4, -0.2) is 24.1 Å². The molecule has 0 atom stereocenters. The molecule has 8 heteroatoms. The van der Waals surface area contributed by atoms with Crippen LogP contribution in [0.3, 0.4) is 0 Å². The van der Waals surface area contributed by atoms with Gasteiger partial charge in [-0.2, -0.15) is 5.26 Å². The van der Waals surface area contributed by atoms with Crippen molar-refractivity contribution in [2.24, 2.45) is 0 Å². The Morgan fingerprint density at radius 2 is 0.941 bits per heavy atom. The molecule has 0 radical (unpaired) electrons. The summed E-state index contributed by atoms with van der Waals surface area (Å²) in [5, 5.41) is 14.1. The van der Waals surface area contributed by atoms with E-state index in [-0.39, 0.29) is 0 Å². The summed E-state index contributed by atoms with van der Waals surface area (Å²) < 4.78 is 4.54. The van der Waals surface area contributed by atoms with Crippen molar-refractivity contribution in [3.05, 3.63) is 235 Å². The molecule has 0 aliphatic rings. The Morgan fingerprint density at radius 1 is 0.382 bits per heavy atom. The van der Waals surface area contributed by atoms with Crippen molar-refractivity contribution in [1.29, 1.82) is 5.26 Å². The zero-order chi connectivity index (χ0) is 45.7. The topological polar surface area (TPSA) is 81.0 Å². The smallest absolute Gasteiger partial charge is 0.188 e. The molecular weight excluding hydrogens is 833 g/mol. The van der Waals surface area contributed by atoms with Gasteiger partial charge < -0.3 is 9.13 Å². The molecular formula is C60H34N8. The molecule has 12 rings (SSSR count). The van der Waals surface area contributed by atoms with Gasteiger partial charge in [0, 0.05) is 44.1 Å². The lowest BCUT2D eigenvalue weighted by molar-refractivity contribution is 1.07. The third-order valence-corrected chi connectivity index (χ3v) is 12.6. The average Bonchev–Trinajstić information content (AvgIpc) is 3.93. The SMILES string of the molecule is [C-]#[N+]c1cccc(-c2ccc(-n3c4ccccc4c4cc(C#N)ccc43)c(-c3cc(-n4c5ccccc5c5cc([N+]#[C-])ccc54)ccc3-c3nc(-c4ccccc4)nc(-c4ccccc4)n3)c2)c1. The summed E-state index contributed by atoms with van der Waals surface area (Å²) >= 11 is 0. The minimum atomic E-state index is 0.496. The van der Waals surface area contributed by atoms with Crippen molar-refractivity contribution in [3.63, 3.8) is 0 Å². The number of rotatable bonds is 7. The van der Waals surface area contributed by atoms with Gasteiger partial charge in [0.25, 0.3) is 0 Å². The lowest BCUT2D eigenvalue weighted by Gasteiger charge is -2.20. The van der Waals surface area contributed by atoms with Crippen LogP contribution in [0.25, 0.3) is 121 Å². The Balaban J connectivity index is 1.22. The molecule has 0 fully saturated rings. The van der Waals surface area contributed by atoms with Crippen molar-refractivity contribution in [2.75, 3.05) is 0 Å². The van der Waals surface area contributed by atoms with Crippen molar-refractivity contribution >= 4 is 55.0 Å². The molecule has 0 saturated heterocycles. The minimum Gasteiger partial charge on any atom is -0.309 e. The number of hydrogen-bond donors (Lipinski definition) is 0. The number of fused-ring (bicyclic) bond motifs is 6. The van der Waals surface area contributed by atoms with E-state index in [1.54, 1.807) is 0 Å². The normalized spacial score (nSPS) is 11.2. The predicted molar refractivity (Wildman–Crippen MR) is 273 cm³/mol. The average molecular weight is 867 g/mol. The third-order valence-electron chi connectivity index (χ3n) is 12.6. The van der Waals surface area contributed by atoms with Crippen LogP contribution in [-0.2, 0) is 0 Å². The molecule has 9 aromatic carbocycles. The fraction of sp³-hybridized carbons (Fsp3) is 0. The molecule has 68 heavy (non-hydrogen) atoms. The van der Waals surface area contributed by atoms with Gasteiger partial charge in [-0.3, -0.25) is 0 Å². The summed E-state index contributed by atoms with van der Waals surface area (Å²) in [6, 6.07) is 71.3. The summed E-state index contributed by atoms with van der Waals surface area (Å²) in [7, 11) is 0. The number of nitrogens with zero attached hydrogens (tertiary/aromatic N) is 8. The van der Waals surface area contributed by atoms with E-state index in [0.29, 0.717) is 34.4 Å². The first kappa shape index (κ1) is 39.6. The van der Waals surface area contributed by atoms with Crippen molar-refractivity contribution < 1.29 is 0 Å². The van der Waals surface area contributed by atoms with E-state index in [4.69, 9.17) is 28.1 Å².